The zero-order valence-corrected chi connectivity index (χ0v) is 13.0. The second-order valence-electron chi connectivity index (χ2n) is 4.12. The molecule has 0 fully saturated rings. The summed E-state index contributed by atoms with van der Waals surface area (Å²) in [7, 11) is 1.93. The molecule has 18 heavy (non-hydrogen) atoms. The quantitative estimate of drug-likeness (QED) is 0.792. The summed E-state index contributed by atoms with van der Waals surface area (Å²) in [6, 6.07) is 4.04. The molecule has 0 spiro atoms. The van der Waals surface area contributed by atoms with Gasteiger partial charge in [0.25, 0.3) is 0 Å². The van der Waals surface area contributed by atoms with Gasteiger partial charge in [-0.15, -0.1) is 0 Å². The maximum atomic E-state index is 5.75. The summed E-state index contributed by atoms with van der Waals surface area (Å²) in [6.45, 7) is 6.41. The van der Waals surface area contributed by atoms with E-state index in [1.165, 1.54) is 5.56 Å². The summed E-state index contributed by atoms with van der Waals surface area (Å²) in [5, 5.41) is 3.14. The maximum Gasteiger partial charge on any atom is 0.162 e. The molecule has 0 bridgehead atoms. The molecule has 0 aliphatic carbocycles. The Kier molecular flexibility index (Phi) is 7.13. The van der Waals surface area contributed by atoms with E-state index in [9.17, 15) is 0 Å². The van der Waals surface area contributed by atoms with Crippen molar-refractivity contribution in [2.24, 2.45) is 0 Å². The lowest BCUT2D eigenvalue weighted by Gasteiger charge is -2.15. The van der Waals surface area contributed by atoms with Gasteiger partial charge in [0.05, 0.1) is 13.2 Å². The summed E-state index contributed by atoms with van der Waals surface area (Å²) in [6.07, 6.45) is 1.98. The minimum Gasteiger partial charge on any atom is -0.490 e. The van der Waals surface area contributed by atoms with E-state index in [0.29, 0.717) is 13.2 Å². The second-order valence-corrected chi connectivity index (χ2v) is 4.97. The number of nitrogens with one attached hydrogen (secondary N) is 1. The number of halogens is 1. The van der Waals surface area contributed by atoms with Crippen LogP contribution in [0.1, 0.15) is 32.3 Å². The van der Waals surface area contributed by atoms with Crippen molar-refractivity contribution in [1.82, 2.24) is 5.32 Å². The van der Waals surface area contributed by atoms with Gasteiger partial charge >= 0.3 is 0 Å². The van der Waals surface area contributed by atoms with Crippen LogP contribution in [-0.2, 0) is 6.54 Å². The molecule has 0 radical (unpaired) electrons. The predicted molar refractivity (Wildman–Crippen MR) is 78.5 cm³/mol. The number of ether oxygens (including phenoxy) is 2. The van der Waals surface area contributed by atoms with Gasteiger partial charge in [0.2, 0.25) is 0 Å². The molecule has 1 aromatic carbocycles. The van der Waals surface area contributed by atoms with Crippen LogP contribution in [0.15, 0.2) is 16.6 Å². The van der Waals surface area contributed by atoms with E-state index in [4.69, 9.17) is 9.47 Å². The molecule has 0 unspecified atom stereocenters. The third kappa shape index (κ3) is 4.50. The Morgan fingerprint density at radius 1 is 1.06 bits per heavy atom. The summed E-state index contributed by atoms with van der Waals surface area (Å²) >= 11 is 3.57. The molecule has 0 saturated heterocycles. The molecule has 0 aromatic heterocycles. The zero-order chi connectivity index (χ0) is 13.4. The first-order valence-electron chi connectivity index (χ1n) is 6.45. The van der Waals surface area contributed by atoms with Crippen molar-refractivity contribution in [2.45, 2.75) is 33.2 Å². The van der Waals surface area contributed by atoms with Gasteiger partial charge in [0.1, 0.15) is 0 Å². The van der Waals surface area contributed by atoms with Crippen molar-refractivity contribution >= 4 is 15.9 Å². The van der Waals surface area contributed by atoms with E-state index in [-0.39, 0.29) is 0 Å². The van der Waals surface area contributed by atoms with Gasteiger partial charge in [-0.05, 0) is 37.6 Å². The lowest BCUT2D eigenvalue weighted by atomic mass is 10.2. The molecule has 0 heterocycles. The highest BCUT2D eigenvalue weighted by Gasteiger charge is 2.10. The second kappa shape index (κ2) is 8.38. The van der Waals surface area contributed by atoms with Crippen molar-refractivity contribution in [3.63, 3.8) is 0 Å². The molecule has 0 saturated carbocycles. The highest BCUT2D eigenvalue weighted by atomic mass is 79.9. The van der Waals surface area contributed by atoms with Gasteiger partial charge < -0.3 is 14.8 Å². The molecule has 102 valence electrons. The molecule has 4 heteroatoms. The molecular formula is C14H22BrNO2. The Morgan fingerprint density at radius 3 is 2.11 bits per heavy atom. The SMILES string of the molecule is CCCOc1cc(Br)c(CNC)cc1OCCC. The Balaban J connectivity index is 2.94. The summed E-state index contributed by atoms with van der Waals surface area (Å²) in [4.78, 5) is 0. The summed E-state index contributed by atoms with van der Waals surface area (Å²) in [5.74, 6) is 1.65. The molecule has 0 aliphatic heterocycles. The van der Waals surface area contributed by atoms with Gasteiger partial charge in [0.15, 0.2) is 11.5 Å². The van der Waals surface area contributed by atoms with E-state index in [1.807, 2.05) is 19.2 Å². The van der Waals surface area contributed by atoms with Crippen molar-refractivity contribution in [3.05, 3.63) is 22.2 Å². The average Bonchev–Trinajstić information content (AvgIpc) is 2.37. The fraction of sp³-hybridized carbons (Fsp3) is 0.571. The molecule has 1 rings (SSSR count). The third-order valence-electron chi connectivity index (χ3n) is 2.40. The van der Waals surface area contributed by atoms with Gasteiger partial charge in [0, 0.05) is 11.0 Å². The Labute approximate surface area is 118 Å². The van der Waals surface area contributed by atoms with Crippen LogP contribution in [0, 0.1) is 0 Å². The maximum absolute atomic E-state index is 5.75. The minimum atomic E-state index is 0.709. The lowest BCUT2D eigenvalue weighted by Crippen LogP contribution is -2.07. The van der Waals surface area contributed by atoms with Crippen LogP contribution in [0.2, 0.25) is 0 Å². The van der Waals surface area contributed by atoms with Crippen molar-refractivity contribution < 1.29 is 9.47 Å². The fourth-order valence-corrected chi connectivity index (χ4v) is 2.02. The van der Waals surface area contributed by atoms with Crippen LogP contribution in [0.5, 0.6) is 11.5 Å². The smallest absolute Gasteiger partial charge is 0.162 e. The van der Waals surface area contributed by atoms with Crippen molar-refractivity contribution in [3.8, 4) is 11.5 Å². The lowest BCUT2D eigenvalue weighted by molar-refractivity contribution is 0.268. The van der Waals surface area contributed by atoms with Gasteiger partial charge in [-0.25, -0.2) is 0 Å². The summed E-state index contributed by atoms with van der Waals surface area (Å²) < 4.78 is 12.5. The van der Waals surface area contributed by atoms with Crippen LogP contribution < -0.4 is 14.8 Å². The average molecular weight is 316 g/mol. The van der Waals surface area contributed by atoms with Crippen LogP contribution >= 0.6 is 15.9 Å². The molecule has 3 nitrogen and oxygen atoms in total. The largest absolute Gasteiger partial charge is 0.490 e. The third-order valence-corrected chi connectivity index (χ3v) is 3.14. The Bertz CT molecular complexity index is 369. The molecule has 1 aromatic rings. The van der Waals surface area contributed by atoms with Gasteiger partial charge in [-0.2, -0.15) is 0 Å². The van der Waals surface area contributed by atoms with Crippen molar-refractivity contribution in [2.75, 3.05) is 20.3 Å². The number of hydrogen-bond acceptors (Lipinski definition) is 3. The van der Waals surface area contributed by atoms with Crippen LogP contribution in [-0.4, -0.2) is 20.3 Å². The molecule has 1 N–H and O–H groups in total. The minimum absolute atomic E-state index is 0.709. The van der Waals surface area contributed by atoms with E-state index in [1.54, 1.807) is 0 Å². The Morgan fingerprint density at radius 2 is 1.61 bits per heavy atom. The fourth-order valence-electron chi connectivity index (χ4n) is 1.55. The van der Waals surface area contributed by atoms with Gasteiger partial charge in [-0.3, -0.25) is 0 Å². The normalized spacial score (nSPS) is 10.4. The first kappa shape index (κ1) is 15.3. The summed E-state index contributed by atoms with van der Waals surface area (Å²) in [5.41, 5.74) is 1.17. The topological polar surface area (TPSA) is 30.5 Å². The first-order valence-corrected chi connectivity index (χ1v) is 7.24. The number of benzene rings is 1. The first-order chi connectivity index (χ1) is 8.72. The van der Waals surface area contributed by atoms with E-state index in [2.05, 4.69) is 35.1 Å². The molecule has 0 atom stereocenters. The monoisotopic (exact) mass is 315 g/mol. The van der Waals surface area contributed by atoms with E-state index in [0.717, 1.165) is 35.4 Å². The standard InChI is InChI=1S/C14H22BrNO2/c1-4-6-17-13-8-11(10-16-3)12(15)9-14(13)18-7-5-2/h8-9,16H,4-7,10H2,1-3H3. The molecule has 0 amide bonds. The highest BCUT2D eigenvalue weighted by Crippen LogP contribution is 2.34. The van der Waals surface area contributed by atoms with Crippen LogP contribution in [0.3, 0.4) is 0 Å². The number of hydrogen-bond donors (Lipinski definition) is 1. The molecule has 0 aliphatic rings. The van der Waals surface area contributed by atoms with E-state index < -0.39 is 0 Å². The van der Waals surface area contributed by atoms with Crippen molar-refractivity contribution in [1.29, 1.82) is 0 Å². The van der Waals surface area contributed by atoms with E-state index >= 15 is 0 Å². The van der Waals surface area contributed by atoms with Gasteiger partial charge in [-0.1, -0.05) is 29.8 Å². The van der Waals surface area contributed by atoms with Crippen LogP contribution in [0.25, 0.3) is 0 Å². The highest BCUT2D eigenvalue weighted by molar-refractivity contribution is 9.10. The predicted octanol–water partition coefficient (Wildman–Crippen LogP) is 3.75. The van der Waals surface area contributed by atoms with Crippen LogP contribution in [0.4, 0.5) is 0 Å². The molecular weight excluding hydrogens is 294 g/mol. The zero-order valence-electron chi connectivity index (χ0n) is 11.4. The Hall–Kier alpha value is -0.740. The number of rotatable bonds is 8.